The monoisotopic (exact) mass is 381 g/mol. The lowest BCUT2D eigenvalue weighted by atomic mass is 10.3. The van der Waals surface area contributed by atoms with Crippen molar-refractivity contribution in [1.29, 1.82) is 0 Å². The van der Waals surface area contributed by atoms with Gasteiger partial charge in [-0.05, 0) is 18.2 Å². The maximum absolute atomic E-state index is 12.4. The number of hydrogen-bond donors (Lipinski definition) is 0. The molecule has 130 valence electrons. The van der Waals surface area contributed by atoms with Crippen LogP contribution in [-0.4, -0.2) is 27.3 Å². The van der Waals surface area contributed by atoms with E-state index in [1.54, 1.807) is 13.1 Å². The first-order chi connectivity index (χ1) is 11.8. The van der Waals surface area contributed by atoms with Crippen LogP contribution in [0.5, 0.6) is 0 Å². The molecule has 3 rings (SSSR count). The van der Waals surface area contributed by atoms with E-state index in [4.69, 9.17) is 16.0 Å². The van der Waals surface area contributed by atoms with Crippen molar-refractivity contribution in [3.05, 3.63) is 60.2 Å². The number of carbonyl (C=O) groups excluding carboxylic acids is 1. The van der Waals surface area contributed by atoms with Gasteiger partial charge in [0, 0.05) is 18.0 Å². The number of rotatable bonds is 5. The van der Waals surface area contributed by atoms with E-state index in [2.05, 4.69) is 0 Å². The number of amides is 1. The fourth-order valence-corrected chi connectivity index (χ4v) is 3.47. The Morgan fingerprint density at radius 3 is 2.80 bits per heavy atom. The van der Waals surface area contributed by atoms with Crippen molar-refractivity contribution < 1.29 is 14.1 Å². The van der Waals surface area contributed by atoms with Crippen molar-refractivity contribution in [3.63, 3.8) is 0 Å². The summed E-state index contributed by atoms with van der Waals surface area (Å²) in [6.07, 6.45) is 0. The Hall–Kier alpha value is -2.65. The first kappa shape index (κ1) is 17.2. The van der Waals surface area contributed by atoms with E-state index < -0.39 is 10.7 Å². The molecule has 0 atom stereocenters. The van der Waals surface area contributed by atoms with Crippen molar-refractivity contribution in [2.45, 2.75) is 13.1 Å². The number of thiophene rings is 1. The quantitative estimate of drug-likeness (QED) is 0.500. The van der Waals surface area contributed by atoms with E-state index in [1.807, 2.05) is 6.07 Å². The number of carbonyl (C=O) groups is 1. The first-order valence-corrected chi connectivity index (χ1v) is 8.30. The van der Waals surface area contributed by atoms with Crippen LogP contribution in [0.3, 0.4) is 0 Å². The summed E-state index contributed by atoms with van der Waals surface area (Å²) in [5.74, 6) is -1.04. The Balaban J connectivity index is 1.82. The van der Waals surface area contributed by atoms with E-state index in [1.165, 1.54) is 28.4 Å². The molecule has 0 bridgehead atoms. The van der Waals surface area contributed by atoms with E-state index in [9.17, 15) is 19.7 Å². The molecule has 0 radical (unpaired) electrons. The highest BCUT2D eigenvalue weighted by atomic mass is 35.5. The standard InChI is InChI=1S/C15H12ClN3O5S/c1-17(7-10-3-5-13(16)25-10)14(20)8-18-11-4-2-9(19(22)23)6-12(11)24-15(18)21/h2-6H,7-8H2,1H3. The molecule has 0 saturated heterocycles. The predicted molar refractivity (Wildman–Crippen MR) is 92.9 cm³/mol. The van der Waals surface area contributed by atoms with Gasteiger partial charge in [0.2, 0.25) is 5.91 Å². The summed E-state index contributed by atoms with van der Waals surface area (Å²) in [6.45, 7) is 0.144. The Labute approximate surface area is 150 Å². The number of non-ortho nitro benzene ring substituents is 1. The second-order valence-corrected chi connectivity index (χ2v) is 7.12. The van der Waals surface area contributed by atoms with Crippen LogP contribution in [0.1, 0.15) is 4.88 Å². The lowest BCUT2D eigenvalue weighted by molar-refractivity contribution is -0.384. The normalized spacial score (nSPS) is 11.0. The highest BCUT2D eigenvalue weighted by molar-refractivity contribution is 7.16. The summed E-state index contributed by atoms with van der Waals surface area (Å²) in [4.78, 5) is 37.0. The van der Waals surface area contributed by atoms with Crippen LogP contribution >= 0.6 is 22.9 Å². The van der Waals surface area contributed by atoms with Crippen molar-refractivity contribution in [3.8, 4) is 0 Å². The lowest BCUT2D eigenvalue weighted by Gasteiger charge is -2.16. The number of nitro groups is 1. The maximum atomic E-state index is 12.4. The van der Waals surface area contributed by atoms with Gasteiger partial charge < -0.3 is 9.32 Å². The number of likely N-dealkylation sites (N-methyl/N-ethyl adjacent to an activating group) is 1. The Morgan fingerprint density at radius 2 is 2.16 bits per heavy atom. The fourth-order valence-electron chi connectivity index (χ4n) is 2.33. The molecule has 8 nitrogen and oxygen atoms in total. The summed E-state index contributed by atoms with van der Waals surface area (Å²) in [5, 5.41) is 10.8. The molecule has 0 N–H and O–H groups in total. The molecule has 1 aromatic carbocycles. The maximum Gasteiger partial charge on any atom is 0.420 e. The van der Waals surface area contributed by atoms with Crippen molar-refractivity contribution in [2.24, 2.45) is 0 Å². The fraction of sp³-hybridized carbons (Fsp3) is 0.200. The van der Waals surface area contributed by atoms with Crippen LogP contribution < -0.4 is 5.76 Å². The molecule has 0 aliphatic heterocycles. The van der Waals surface area contributed by atoms with Gasteiger partial charge in [-0.2, -0.15) is 0 Å². The van der Waals surface area contributed by atoms with Gasteiger partial charge >= 0.3 is 5.76 Å². The molecule has 0 saturated carbocycles. The van der Waals surface area contributed by atoms with Gasteiger partial charge in [0.05, 0.1) is 27.4 Å². The number of oxazole rings is 1. The van der Waals surface area contributed by atoms with Crippen LogP contribution in [0.25, 0.3) is 11.1 Å². The number of benzene rings is 1. The lowest BCUT2D eigenvalue weighted by Crippen LogP contribution is -2.32. The number of hydrogen-bond acceptors (Lipinski definition) is 6. The van der Waals surface area contributed by atoms with Crippen molar-refractivity contribution in [2.75, 3.05) is 7.05 Å². The van der Waals surface area contributed by atoms with Crippen molar-refractivity contribution >= 4 is 45.6 Å². The number of fused-ring (bicyclic) bond motifs is 1. The summed E-state index contributed by atoms with van der Waals surface area (Å²) in [7, 11) is 1.62. The average molecular weight is 382 g/mol. The number of nitrogens with zero attached hydrogens (tertiary/aromatic N) is 3. The minimum atomic E-state index is -0.739. The smallest absolute Gasteiger partial charge is 0.407 e. The molecule has 2 heterocycles. The van der Waals surface area contributed by atoms with E-state index in [0.717, 1.165) is 15.5 Å². The predicted octanol–water partition coefficient (Wildman–Crippen LogP) is 2.88. The molecule has 0 spiro atoms. The van der Waals surface area contributed by atoms with Crippen molar-refractivity contribution in [1.82, 2.24) is 9.47 Å². The van der Waals surface area contributed by atoms with E-state index in [-0.39, 0.29) is 23.7 Å². The Morgan fingerprint density at radius 1 is 1.40 bits per heavy atom. The van der Waals surface area contributed by atoms with Gasteiger partial charge in [-0.15, -0.1) is 11.3 Å². The minimum Gasteiger partial charge on any atom is -0.407 e. The van der Waals surface area contributed by atoms with Gasteiger partial charge in [-0.25, -0.2) is 4.79 Å². The van der Waals surface area contributed by atoms with Crippen LogP contribution in [0.4, 0.5) is 5.69 Å². The zero-order chi connectivity index (χ0) is 18.1. The first-order valence-electron chi connectivity index (χ1n) is 7.11. The van der Waals surface area contributed by atoms with E-state index in [0.29, 0.717) is 16.4 Å². The van der Waals surface area contributed by atoms with Gasteiger partial charge in [-0.3, -0.25) is 19.5 Å². The largest absolute Gasteiger partial charge is 0.420 e. The number of nitro benzene ring substituents is 1. The van der Waals surface area contributed by atoms with Crippen LogP contribution in [0.2, 0.25) is 4.34 Å². The number of aromatic nitrogens is 1. The molecule has 2 aromatic heterocycles. The zero-order valence-corrected chi connectivity index (χ0v) is 14.5. The summed E-state index contributed by atoms with van der Waals surface area (Å²) in [5.41, 5.74) is 0.211. The molecule has 0 aliphatic rings. The van der Waals surface area contributed by atoms with Gasteiger partial charge in [0.1, 0.15) is 6.54 Å². The average Bonchev–Trinajstić information content (AvgIpc) is 3.10. The minimum absolute atomic E-state index is 0.0692. The molecule has 0 unspecified atom stereocenters. The summed E-state index contributed by atoms with van der Waals surface area (Å²) < 4.78 is 6.79. The van der Waals surface area contributed by atoms with Crippen LogP contribution in [-0.2, 0) is 17.9 Å². The third-order valence-electron chi connectivity index (χ3n) is 3.60. The third-order valence-corrected chi connectivity index (χ3v) is 4.82. The van der Waals surface area contributed by atoms with Gasteiger partial charge in [-0.1, -0.05) is 11.6 Å². The topological polar surface area (TPSA) is 98.6 Å². The molecule has 0 fully saturated rings. The highest BCUT2D eigenvalue weighted by Gasteiger charge is 2.18. The van der Waals surface area contributed by atoms with E-state index >= 15 is 0 Å². The summed E-state index contributed by atoms with van der Waals surface area (Å²) >= 11 is 7.24. The molecule has 25 heavy (non-hydrogen) atoms. The highest BCUT2D eigenvalue weighted by Crippen LogP contribution is 2.23. The van der Waals surface area contributed by atoms with Crippen LogP contribution in [0, 0.1) is 10.1 Å². The Kier molecular flexibility index (Phi) is 4.60. The second kappa shape index (κ2) is 6.69. The Bertz CT molecular complexity index is 1020. The second-order valence-electron chi connectivity index (χ2n) is 5.32. The molecule has 10 heteroatoms. The molecule has 0 aliphatic carbocycles. The third kappa shape index (κ3) is 3.57. The van der Waals surface area contributed by atoms with Crippen LogP contribution in [0.15, 0.2) is 39.5 Å². The van der Waals surface area contributed by atoms with Gasteiger partial charge in [0.25, 0.3) is 5.69 Å². The zero-order valence-electron chi connectivity index (χ0n) is 13.0. The van der Waals surface area contributed by atoms with Gasteiger partial charge in [0.15, 0.2) is 5.58 Å². The summed E-state index contributed by atoms with van der Waals surface area (Å²) in [6, 6.07) is 7.39. The SMILES string of the molecule is CN(Cc1ccc(Cl)s1)C(=O)Cn1c(=O)oc2cc([N+](=O)[O-])ccc21. The molecule has 3 aromatic rings. The molecular formula is C15H12ClN3O5S. The molecular weight excluding hydrogens is 370 g/mol. The number of halogens is 1. The molecule has 1 amide bonds.